The second-order valence-electron chi connectivity index (χ2n) is 6.94. The van der Waals surface area contributed by atoms with E-state index in [2.05, 4.69) is 10.3 Å². The van der Waals surface area contributed by atoms with E-state index in [1.54, 1.807) is 7.11 Å². The highest BCUT2D eigenvalue weighted by Crippen LogP contribution is 2.24. The largest absolute Gasteiger partial charge is 0.496 e. The molecule has 3 heterocycles. The van der Waals surface area contributed by atoms with Gasteiger partial charge in [0.2, 0.25) is 5.91 Å². The van der Waals surface area contributed by atoms with Gasteiger partial charge in [0.05, 0.1) is 19.2 Å². The van der Waals surface area contributed by atoms with Crippen LogP contribution in [0.2, 0.25) is 0 Å². The van der Waals surface area contributed by atoms with Gasteiger partial charge in [-0.25, -0.2) is 9.97 Å². The average molecular weight is 352 g/mol. The number of fused-ring (bicyclic) bond motifs is 1. The Hall–Kier alpha value is -2.47. The quantitative estimate of drug-likeness (QED) is 0.907. The highest BCUT2D eigenvalue weighted by molar-refractivity contribution is 5.79. The monoisotopic (exact) mass is 352 g/mol. The number of rotatable bonds is 4. The van der Waals surface area contributed by atoms with Crippen molar-refractivity contribution < 1.29 is 9.53 Å². The van der Waals surface area contributed by atoms with Crippen LogP contribution in [-0.4, -0.2) is 47.5 Å². The summed E-state index contributed by atoms with van der Waals surface area (Å²) in [6.07, 6.45) is 4.16. The molecule has 0 bridgehead atoms. The number of carbonyl (C=O) groups is 1. The smallest absolute Gasteiger partial charge is 0.227 e. The van der Waals surface area contributed by atoms with Crippen LogP contribution in [0.1, 0.15) is 35.0 Å². The van der Waals surface area contributed by atoms with Crippen molar-refractivity contribution in [2.45, 2.75) is 31.7 Å². The highest BCUT2D eigenvalue weighted by Gasteiger charge is 2.25. The minimum Gasteiger partial charge on any atom is -0.496 e. The summed E-state index contributed by atoms with van der Waals surface area (Å²) in [4.78, 5) is 24.0. The molecule has 0 unspecified atom stereocenters. The Morgan fingerprint density at radius 2 is 2.27 bits per heavy atom. The Balaban J connectivity index is 1.45. The Morgan fingerprint density at radius 1 is 1.38 bits per heavy atom. The lowest BCUT2D eigenvalue weighted by Crippen LogP contribution is -2.37. The number of nitrogens with one attached hydrogen (secondary N) is 1. The van der Waals surface area contributed by atoms with Crippen molar-refractivity contribution in [1.29, 1.82) is 0 Å². The molecule has 2 aromatic rings. The molecule has 0 aliphatic carbocycles. The first-order valence-corrected chi connectivity index (χ1v) is 9.19. The molecule has 0 radical (unpaired) electrons. The van der Waals surface area contributed by atoms with Crippen molar-refractivity contribution in [3.63, 3.8) is 0 Å². The predicted octanol–water partition coefficient (Wildman–Crippen LogP) is 1.69. The lowest BCUT2D eigenvalue weighted by molar-refractivity contribution is -0.131. The molecule has 4 rings (SSSR count). The minimum absolute atomic E-state index is 0.115. The van der Waals surface area contributed by atoms with Gasteiger partial charge < -0.3 is 15.0 Å². The van der Waals surface area contributed by atoms with Crippen LogP contribution in [0.25, 0.3) is 0 Å². The van der Waals surface area contributed by atoms with Gasteiger partial charge >= 0.3 is 0 Å². The summed E-state index contributed by atoms with van der Waals surface area (Å²) in [5.74, 6) is 2.24. The molecular weight excluding hydrogens is 328 g/mol. The first kappa shape index (κ1) is 17.0. The van der Waals surface area contributed by atoms with Gasteiger partial charge in [-0.1, -0.05) is 18.2 Å². The number of carbonyl (C=O) groups excluding carboxylic acids is 1. The van der Waals surface area contributed by atoms with E-state index in [0.717, 1.165) is 54.3 Å². The van der Waals surface area contributed by atoms with Crippen LogP contribution in [0.15, 0.2) is 30.5 Å². The molecule has 6 heteroatoms. The lowest BCUT2D eigenvalue weighted by Gasteiger charge is -2.28. The number of para-hydroxylation sites is 1. The highest BCUT2D eigenvalue weighted by atomic mass is 16.5. The fourth-order valence-corrected chi connectivity index (χ4v) is 3.74. The van der Waals surface area contributed by atoms with Crippen molar-refractivity contribution in [3.05, 3.63) is 53.1 Å². The maximum absolute atomic E-state index is 12.7. The van der Waals surface area contributed by atoms with E-state index in [4.69, 9.17) is 9.72 Å². The summed E-state index contributed by atoms with van der Waals surface area (Å²) >= 11 is 0. The zero-order chi connectivity index (χ0) is 17.9. The van der Waals surface area contributed by atoms with E-state index >= 15 is 0 Å². The Morgan fingerprint density at radius 3 is 3.08 bits per heavy atom. The SMILES string of the molecule is COc1ccccc1CC(=O)N1CCc2nc([C@@H]3CCNC3)ncc2C1. The molecule has 1 fully saturated rings. The molecule has 1 aromatic carbocycles. The molecular formula is C20H24N4O2. The van der Waals surface area contributed by atoms with Crippen LogP contribution in [0.5, 0.6) is 5.75 Å². The molecule has 26 heavy (non-hydrogen) atoms. The third-order valence-corrected chi connectivity index (χ3v) is 5.26. The third kappa shape index (κ3) is 3.42. The molecule has 1 saturated heterocycles. The van der Waals surface area contributed by atoms with Crippen molar-refractivity contribution in [1.82, 2.24) is 20.2 Å². The normalized spacial score (nSPS) is 19.3. The number of benzene rings is 1. The van der Waals surface area contributed by atoms with Crippen LogP contribution in [0, 0.1) is 0 Å². The van der Waals surface area contributed by atoms with E-state index in [-0.39, 0.29) is 5.91 Å². The van der Waals surface area contributed by atoms with Gasteiger partial charge in [-0.3, -0.25) is 4.79 Å². The summed E-state index contributed by atoms with van der Waals surface area (Å²) in [7, 11) is 1.63. The molecule has 6 nitrogen and oxygen atoms in total. The fourth-order valence-electron chi connectivity index (χ4n) is 3.74. The molecule has 1 N–H and O–H groups in total. The van der Waals surface area contributed by atoms with E-state index in [1.165, 1.54) is 0 Å². The van der Waals surface area contributed by atoms with Gasteiger partial charge in [-0.2, -0.15) is 0 Å². The standard InChI is InChI=1S/C20H24N4O2/c1-26-18-5-3-2-4-14(18)10-19(25)24-9-7-17-16(13-24)12-22-20(23-17)15-6-8-21-11-15/h2-5,12,15,21H,6-11,13H2,1H3/t15-/m1/s1. The molecule has 1 amide bonds. The number of aromatic nitrogens is 2. The second-order valence-corrected chi connectivity index (χ2v) is 6.94. The van der Waals surface area contributed by atoms with Crippen LogP contribution in [0.4, 0.5) is 0 Å². The summed E-state index contributed by atoms with van der Waals surface area (Å²) in [6, 6.07) is 7.68. The number of nitrogens with zero attached hydrogens (tertiary/aromatic N) is 3. The molecule has 1 aromatic heterocycles. The van der Waals surface area contributed by atoms with Crippen LogP contribution in [0.3, 0.4) is 0 Å². The van der Waals surface area contributed by atoms with E-state index in [9.17, 15) is 4.79 Å². The Bertz CT molecular complexity index is 802. The Kier molecular flexibility index (Phi) is 4.84. The summed E-state index contributed by atoms with van der Waals surface area (Å²) in [6.45, 7) is 3.30. The van der Waals surface area contributed by atoms with Crippen LogP contribution < -0.4 is 10.1 Å². The maximum atomic E-state index is 12.7. The number of hydrogen-bond donors (Lipinski definition) is 1. The van der Waals surface area contributed by atoms with Gasteiger partial charge in [0, 0.05) is 49.3 Å². The maximum Gasteiger partial charge on any atom is 0.227 e. The lowest BCUT2D eigenvalue weighted by atomic mass is 10.0. The van der Waals surface area contributed by atoms with E-state index in [0.29, 0.717) is 25.4 Å². The van der Waals surface area contributed by atoms with Crippen molar-refractivity contribution in [3.8, 4) is 5.75 Å². The number of ether oxygens (including phenoxy) is 1. The van der Waals surface area contributed by atoms with Crippen LogP contribution in [-0.2, 0) is 24.2 Å². The van der Waals surface area contributed by atoms with Crippen molar-refractivity contribution in [2.75, 3.05) is 26.7 Å². The number of methoxy groups -OCH3 is 1. The van der Waals surface area contributed by atoms with Crippen molar-refractivity contribution >= 4 is 5.91 Å². The summed E-state index contributed by atoms with van der Waals surface area (Å²) in [5, 5.41) is 3.36. The number of amides is 1. The molecule has 1 atom stereocenters. The second kappa shape index (κ2) is 7.41. The first-order valence-electron chi connectivity index (χ1n) is 9.19. The Labute approximate surface area is 153 Å². The third-order valence-electron chi connectivity index (χ3n) is 5.26. The summed E-state index contributed by atoms with van der Waals surface area (Å²) < 4.78 is 5.36. The topological polar surface area (TPSA) is 67.3 Å². The minimum atomic E-state index is 0.115. The zero-order valence-corrected chi connectivity index (χ0v) is 15.1. The van der Waals surface area contributed by atoms with Crippen LogP contribution >= 0.6 is 0 Å². The molecule has 0 spiro atoms. The molecule has 2 aliphatic heterocycles. The molecule has 2 aliphatic rings. The van der Waals surface area contributed by atoms with Gasteiger partial charge in [-0.15, -0.1) is 0 Å². The molecule has 136 valence electrons. The summed E-state index contributed by atoms with van der Waals surface area (Å²) in [5.41, 5.74) is 3.09. The average Bonchev–Trinajstić information content (AvgIpc) is 3.22. The first-order chi connectivity index (χ1) is 12.7. The molecule has 0 saturated carbocycles. The van der Waals surface area contributed by atoms with Gasteiger partial charge in [0.25, 0.3) is 0 Å². The van der Waals surface area contributed by atoms with Gasteiger partial charge in [0.1, 0.15) is 11.6 Å². The van der Waals surface area contributed by atoms with E-state index < -0.39 is 0 Å². The predicted molar refractivity (Wildman–Crippen MR) is 98.1 cm³/mol. The van der Waals surface area contributed by atoms with Gasteiger partial charge in [-0.05, 0) is 19.0 Å². The van der Waals surface area contributed by atoms with Gasteiger partial charge in [0.15, 0.2) is 0 Å². The van der Waals surface area contributed by atoms with Crippen molar-refractivity contribution in [2.24, 2.45) is 0 Å². The fraction of sp³-hybridized carbons (Fsp3) is 0.450. The zero-order valence-electron chi connectivity index (χ0n) is 15.1. The number of hydrogen-bond acceptors (Lipinski definition) is 5. The van der Waals surface area contributed by atoms with E-state index in [1.807, 2.05) is 35.4 Å².